The van der Waals surface area contributed by atoms with E-state index in [1.807, 2.05) is 26.8 Å². The monoisotopic (exact) mass is 546 g/mol. The molecule has 1 unspecified atom stereocenters. The predicted octanol–water partition coefficient (Wildman–Crippen LogP) is 3.02. The maximum atomic E-state index is 12.4. The number of nitrogens with one attached hydrogen (secondary N) is 1. The van der Waals surface area contributed by atoms with Crippen LogP contribution in [0.1, 0.15) is 31.9 Å². The summed E-state index contributed by atoms with van der Waals surface area (Å²) < 4.78 is 16.5. The standard InChI is InChI=1S/C22H34N4O4.HI/c1-16-6-7-17(19(12-16)29-11-10-28-5)13-23-20-24-14-18-15-25(8-9-26(18)20)21(27)30-22(2,3)4;/h6-7,12,18H,8-11,13-15H2,1-5H3,(H,23,24);1H. The van der Waals surface area contributed by atoms with Crippen LogP contribution in [0.15, 0.2) is 23.2 Å². The van der Waals surface area contributed by atoms with Crippen molar-refractivity contribution in [3.05, 3.63) is 29.3 Å². The number of piperazine rings is 1. The molecular weight excluding hydrogens is 511 g/mol. The summed E-state index contributed by atoms with van der Waals surface area (Å²) in [5, 5.41) is 3.46. The molecule has 1 fully saturated rings. The number of hydrogen-bond donors (Lipinski definition) is 1. The molecule has 0 aliphatic carbocycles. The third kappa shape index (κ3) is 7.13. The number of halogens is 1. The van der Waals surface area contributed by atoms with Crippen molar-refractivity contribution in [2.24, 2.45) is 4.99 Å². The predicted molar refractivity (Wildman–Crippen MR) is 131 cm³/mol. The van der Waals surface area contributed by atoms with Gasteiger partial charge in [-0.3, -0.25) is 4.99 Å². The zero-order chi connectivity index (χ0) is 21.7. The first kappa shape index (κ1) is 25.5. The van der Waals surface area contributed by atoms with E-state index in [-0.39, 0.29) is 36.1 Å². The van der Waals surface area contributed by atoms with E-state index in [4.69, 9.17) is 14.2 Å². The van der Waals surface area contributed by atoms with E-state index < -0.39 is 5.60 Å². The third-order valence-electron chi connectivity index (χ3n) is 5.06. The van der Waals surface area contributed by atoms with Gasteiger partial charge in [-0.05, 0) is 39.3 Å². The van der Waals surface area contributed by atoms with Gasteiger partial charge >= 0.3 is 6.09 Å². The molecule has 174 valence electrons. The zero-order valence-electron chi connectivity index (χ0n) is 19.1. The molecule has 2 aliphatic rings. The Morgan fingerprint density at radius 2 is 2.03 bits per heavy atom. The van der Waals surface area contributed by atoms with Crippen molar-refractivity contribution in [3.63, 3.8) is 0 Å². The SMILES string of the molecule is COCCOc1cc(C)ccc1CNC1=NCC2CN(C(=O)OC(C)(C)C)CCN12.I. The summed E-state index contributed by atoms with van der Waals surface area (Å²) in [6.07, 6.45) is -0.249. The number of carbonyl (C=O) groups is 1. The Hall–Kier alpha value is -1.75. The quantitative estimate of drug-likeness (QED) is 0.437. The minimum atomic E-state index is -0.482. The molecule has 9 heteroatoms. The molecule has 3 rings (SSSR count). The van der Waals surface area contributed by atoms with Crippen LogP contribution in [0.2, 0.25) is 0 Å². The normalized spacial score (nSPS) is 18.1. The molecule has 0 radical (unpaired) electrons. The van der Waals surface area contributed by atoms with Crippen molar-refractivity contribution in [2.75, 3.05) is 46.5 Å². The summed E-state index contributed by atoms with van der Waals surface area (Å²) in [5.41, 5.74) is 1.75. The van der Waals surface area contributed by atoms with E-state index in [2.05, 4.69) is 34.3 Å². The van der Waals surface area contributed by atoms with E-state index in [0.717, 1.165) is 29.4 Å². The number of rotatable bonds is 6. The fourth-order valence-corrected chi connectivity index (χ4v) is 3.57. The van der Waals surface area contributed by atoms with Gasteiger partial charge in [0.1, 0.15) is 18.0 Å². The van der Waals surface area contributed by atoms with Crippen molar-refractivity contribution >= 4 is 36.0 Å². The van der Waals surface area contributed by atoms with E-state index in [0.29, 0.717) is 39.4 Å². The highest BCUT2D eigenvalue weighted by Gasteiger charge is 2.36. The number of carbonyl (C=O) groups excluding carboxylic acids is 1. The highest BCUT2D eigenvalue weighted by molar-refractivity contribution is 14.0. The van der Waals surface area contributed by atoms with Crippen LogP contribution in [0.5, 0.6) is 5.75 Å². The second-order valence-corrected chi connectivity index (χ2v) is 8.74. The highest BCUT2D eigenvalue weighted by atomic mass is 127. The molecule has 31 heavy (non-hydrogen) atoms. The molecule has 0 saturated carbocycles. The number of guanidine groups is 1. The van der Waals surface area contributed by atoms with Gasteiger partial charge in [0.05, 0.1) is 19.2 Å². The molecule has 2 heterocycles. The lowest BCUT2D eigenvalue weighted by Crippen LogP contribution is -2.57. The number of benzene rings is 1. The van der Waals surface area contributed by atoms with Crippen LogP contribution < -0.4 is 10.1 Å². The Bertz CT molecular complexity index is 781. The minimum Gasteiger partial charge on any atom is -0.491 e. The molecule has 0 aromatic heterocycles. The first-order valence-corrected chi connectivity index (χ1v) is 10.5. The molecule has 2 aliphatic heterocycles. The Morgan fingerprint density at radius 3 is 2.74 bits per heavy atom. The Balaban J connectivity index is 0.00000341. The number of nitrogens with zero attached hydrogens (tertiary/aromatic N) is 3. The number of ether oxygens (including phenoxy) is 3. The Kier molecular flexibility index (Phi) is 9.23. The molecule has 0 bridgehead atoms. The van der Waals surface area contributed by atoms with Crippen molar-refractivity contribution in [1.82, 2.24) is 15.1 Å². The van der Waals surface area contributed by atoms with Gasteiger partial charge in [0.15, 0.2) is 5.96 Å². The number of fused-ring (bicyclic) bond motifs is 1. The molecule has 1 saturated heterocycles. The molecule has 1 aromatic carbocycles. The third-order valence-corrected chi connectivity index (χ3v) is 5.06. The molecule has 1 aromatic rings. The topological polar surface area (TPSA) is 75.6 Å². The fourth-order valence-electron chi connectivity index (χ4n) is 3.57. The Labute approximate surface area is 202 Å². The lowest BCUT2D eigenvalue weighted by molar-refractivity contribution is 0.0137. The zero-order valence-corrected chi connectivity index (χ0v) is 21.5. The van der Waals surface area contributed by atoms with Gasteiger partial charge in [0.2, 0.25) is 0 Å². The van der Waals surface area contributed by atoms with Crippen LogP contribution in [0.4, 0.5) is 4.79 Å². The lowest BCUT2D eigenvalue weighted by atomic mass is 10.1. The molecule has 1 N–H and O–H groups in total. The number of aliphatic imine (C=N–C) groups is 1. The van der Waals surface area contributed by atoms with Crippen molar-refractivity contribution in [3.8, 4) is 5.75 Å². The van der Waals surface area contributed by atoms with Crippen molar-refractivity contribution in [1.29, 1.82) is 0 Å². The van der Waals surface area contributed by atoms with Crippen LogP contribution in [0.3, 0.4) is 0 Å². The van der Waals surface area contributed by atoms with Gasteiger partial charge in [0.25, 0.3) is 0 Å². The first-order chi connectivity index (χ1) is 14.3. The number of amides is 1. The van der Waals surface area contributed by atoms with Crippen molar-refractivity contribution in [2.45, 2.75) is 45.9 Å². The fraction of sp³-hybridized carbons (Fsp3) is 0.636. The summed E-state index contributed by atoms with van der Waals surface area (Å²) >= 11 is 0. The van der Waals surface area contributed by atoms with Crippen LogP contribution in [0, 0.1) is 6.92 Å². The second-order valence-electron chi connectivity index (χ2n) is 8.74. The molecular formula is C22H35IN4O4. The second kappa shape index (κ2) is 11.2. The van der Waals surface area contributed by atoms with Gasteiger partial charge in [-0.2, -0.15) is 0 Å². The average Bonchev–Trinajstić information content (AvgIpc) is 3.08. The average molecular weight is 546 g/mol. The Morgan fingerprint density at radius 1 is 1.26 bits per heavy atom. The first-order valence-electron chi connectivity index (χ1n) is 10.5. The maximum Gasteiger partial charge on any atom is 0.410 e. The van der Waals surface area contributed by atoms with Crippen LogP contribution in [-0.2, 0) is 16.0 Å². The van der Waals surface area contributed by atoms with Crippen LogP contribution in [0.25, 0.3) is 0 Å². The van der Waals surface area contributed by atoms with E-state index >= 15 is 0 Å². The van der Waals surface area contributed by atoms with E-state index in [1.165, 1.54) is 0 Å². The largest absolute Gasteiger partial charge is 0.491 e. The molecule has 0 spiro atoms. The number of aryl methyl sites for hydroxylation is 1. The molecule has 8 nitrogen and oxygen atoms in total. The van der Waals surface area contributed by atoms with Crippen LogP contribution >= 0.6 is 24.0 Å². The highest BCUT2D eigenvalue weighted by Crippen LogP contribution is 2.22. The molecule has 1 amide bonds. The maximum absolute atomic E-state index is 12.4. The summed E-state index contributed by atoms with van der Waals surface area (Å²) in [7, 11) is 1.67. The van der Waals surface area contributed by atoms with Gasteiger partial charge in [-0.25, -0.2) is 4.79 Å². The van der Waals surface area contributed by atoms with Crippen molar-refractivity contribution < 1.29 is 19.0 Å². The minimum absolute atomic E-state index is 0. The lowest BCUT2D eigenvalue weighted by Gasteiger charge is -2.39. The number of methoxy groups -OCH3 is 1. The summed E-state index contributed by atoms with van der Waals surface area (Å²) in [6.45, 7) is 12.1. The number of hydrogen-bond acceptors (Lipinski definition) is 7. The summed E-state index contributed by atoms with van der Waals surface area (Å²) in [5.74, 6) is 1.75. The molecule has 1 atom stereocenters. The summed E-state index contributed by atoms with van der Waals surface area (Å²) in [6, 6.07) is 6.40. The van der Waals surface area contributed by atoms with Gasteiger partial charge in [0, 0.05) is 38.9 Å². The van der Waals surface area contributed by atoms with Gasteiger partial charge in [-0.15, -0.1) is 24.0 Å². The van der Waals surface area contributed by atoms with Gasteiger partial charge in [-0.1, -0.05) is 12.1 Å². The smallest absolute Gasteiger partial charge is 0.410 e. The summed E-state index contributed by atoms with van der Waals surface area (Å²) in [4.78, 5) is 21.1. The van der Waals surface area contributed by atoms with Crippen LogP contribution in [-0.4, -0.2) is 80.0 Å². The van der Waals surface area contributed by atoms with E-state index in [9.17, 15) is 4.79 Å². The van der Waals surface area contributed by atoms with Gasteiger partial charge < -0.3 is 29.3 Å². The van der Waals surface area contributed by atoms with E-state index in [1.54, 1.807) is 12.0 Å².